The Bertz CT molecular complexity index is 250. The first kappa shape index (κ1) is 15.2. The minimum Gasteiger partial charge on any atom is -0.469 e. The summed E-state index contributed by atoms with van der Waals surface area (Å²) < 4.78 is 4.48. The molecule has 16 heavy (non-hydrogen) atoms. The summed E-state index contributed by atoms with van der Waals surface area (Å²) in [4.78, 5) is 32.6. The molecule has 0 bridgehead atoms. The Hall–Kier alpha value is -0.840. The quantitative estimate of drug-likeness (QED) is 0.484. The van der Waals surface area contributed by atoms with Crippen LogP contribution in [0.1, 0.15) is 39.0 Å². The first-order chi connectivity index (χ1) is 7.56. The number of thioether (sulfide) groups is 1. The van der Waals surface area contributed by atoms with Crippen LogP contribution in [0.5, 0.6) is 0 Å². The minimum absolute atomic E-state index is 0.0403. The van der Waals surface area contributed by atoms with Gasteiger partial charge in [0, 0.05) is 31.9 Å². The molecule has 0 aromatic carbocycles. The van der Waals surface area contributed by atoms with Crippen molar-refractivity contribution in [1.82, 2.24) is 0 Å². The molecular formula is C11H18O4S. The molecule has 0 radical (unpaired) electrons. The van der Waals surface area contributed by atoms with E-state index in [1.165, 1.54) is 25.8 Å². The second-order valence-corrected chi connectivity index (χ2v) is 4.68. The number of hydrogen-bond acceptors (Lipinski definition) is 5. The van der Waals surface area contributed by atoms with Gasteiger partial charge in [0.15, 0.2) is 5.12 Å². The highest BCUT2D eigenvalue weighted by molar-refractivity contribution is 8.13. The summed E-state index contributed by atoms with van der Waals surface area (Å²) in [6.45, 7) is 1.49. The molecule has 0 saturated carbocycles. The lowest BCUT2D eigenvalue weighted by atomic mass is 10.1. The Morgan fingerprint density at radius 1 is 1.06 bits per heavy atom. The van der Waals surface area contributed by atoms with Crippen molar-refractivity contribution in [1.29, 1.82) is 0 Å². The van der Waals surface area contributed by atoms with Crippen LogP contribution in [-0.4, -0.2) is 29.7 Å². The van der Waals surface area contributed by atoms with Gasteiger partial charge >= 0.3 is 5.97 Å². The van der Waals surface area contributed by atoms with Crippen molar-refractivity contribution < 1.29 is 19.1 Å². The fraction of sp³-hybridized carbons (Fsp3) is 0.727. The molecule has 0 aromatic rings. The zero-order valence-corrected chi connectivity index (χ0v) is 10.6. The van der Waals surface area contributed by atoms with E-state index >= 15 is 0 Å². The summed E-state index contributed by atoms with van der Waals surface area (Å²) in [5, 5.41) is 0.0403. The van der Waals surface area contributed by atoms with E-state index in [1.54, 1.807) is 0 Å². The standard InChI is InChI=1S/C11H18O4S/c1-9(12)16-8-7-10(13)5-3-4-6-11(14)15-2/h3-8H2,1-2H3. The van der Waals surface area contributed by atoms with Crippen molar-refractivity contribution in [3.8, 4) is 0 Å². The maximum Gasteiger partial charge on any atom is 0.305 e. The average molecular weight is 246 g/mol. The lowest BCUT2D eigenvalue weighted by Crippen LogP contribution is -2.03. The molecule has 0 N–H and O–H groups in total. The fourth-order valence-corrected chi connectivity index (χ4v) is 1.74. The maximum absolute atomic E-state index is 11.3. The van der Waals surface area contributed by atoms with Gasteiger partial charge in [0.1, 0.15) is 5.78 Å². The van der Waals surface area contributed by atoms with Gasteiger partial charge in [-0.3, -0.25) is 14.4 Å². The maximum atomic E-state index is 11.3. The number of rotatable bonds is 8. The summed E-state index contributed by atoms with van der Waals surface area (Å²) in [5.74, 6) is 0.476. The number of unbranched alkanes of at least 4 members (excludes halogenated alkanes) is 1. The molecule has 0 rings (SSSR count). The second-order valence-electron chi connectivity index (χ2n) is 3.41. The third kappa shape index (κ3) is 9.71. The first-order valence-corrected chi connectivity index (χ1v) is 6.26. The van der Waals surface area contributed by atoms with E-state index < -0.39 is 0 Å². The normalized spacial score (nSPS) is 9.88. The lowest BCUT2D eigenvalue weighted by molar-refractivity contribution is -0.140. The Labute approximate surface area is 100 Å². The van der Waals surface area contributed by atoms with E-state index in [2.05, 4.69) is 4.74 Å². The molecule has 0 spiro atoms. The number of Topliss-reactive ketones (excluding diaryl/α,β-unsaturated/α-hetero) is 1. The van der Waals surface area contributed by atoms with E-state index in [0.29, 0.717) is 37.9 Å². The van der Waals surface area contributed by atoms with Crippen molar-refractivity contribution in [2.45, 2.75) is 39.0 Å². The molecule has 0 aliphatic carbocycles. The Balaban J connectivity index is 3.37. The van der Waals surface area contributed by atoms with Crippen LogP contribution in [0.4, 0.5) is 0 Å². The zero-order chi connectivity index (χ0) is 12.4. The van der Waals surface area contributed by atoms with E-state index in [4.69, 9.17) is 0 Å². The van der Waals surface area contributed by atoms with Crippen molar-refractivity contribution in [3.63, 3.8) is 0 Å². The van der Waals surface area contributed by atoms with Gasteiger partial charge in [-0.25, -0.2) is 0 Å². The Morgan fingerprint density at radius 2 is 1.69 bits per heavy atom. The van der Waals surface area contributed by atoms with E-state index in [0.717, 1.165) is 0 Å². The smallest absolute Gasteiger partial charge is 0.305 e. The van der Waals surface area contributed by atoms with Crippen LogP contribution in [0, 0.1) is 0 Å². The van der Waals surface area contributed by atoms with Crippen LogP contribution in [0.15, 0.2) is 0 Å². The molecule has 0 heterocycles. The molecule has 0 amide bonds. The minimum atomic E-state index is -0.236. The van der Waals surface area contributed by atoms with E-state index in [-0.39, 0.29) is 16.9 Å². The highest BCUT2D eigenvalue weighted by Crippen LogP contribution is 2.08. The van der Waals surface area contributed by atoms with Crippen LogP contribution in [0.25, 0.3) is 0 Å². The van der Waals surface area contributed by atoms with Crippen LogP contribution in [0.2, 0.25) is 0 Å². The van der Waals surface area contributed by atoms with Crippen molar-refractivity contribution >= 4 is 28.6 Å². The van der Waals surface area contributed by atoms with Gasteiger partial charge in [0.2, 0.25) is 0 Å². The molecule has 0 fully saturated rings. The van der Waals surface area contributed by atoms with Gasteiger partial charge in [-0.15, -0.1) is 0 Å². The number of esters is 1. The predicted octanol–water partition coefficient (Wildman–Crippen LogP) is 1.96. The lowest BCUT2D eigenvalue weighted by Gasteiger charge is -2.00. The van der Waals surface area contributed by atoms with Crippen LogP contribution in [0.3, 0.4) is 0 Å². The molecule has 4 nitrogen and oxygen atoms in total. The summed E-state index contributed by atoms with van der Waals surface area (Å²) in [5.41, 5.74) is 0. The van der Waals surface area contributed by atoms with Gasteiger partial charge in [0.25, 0.3) is 0 Å². The summed E-state index contributed by atoms with van der Waals surface area (Å²) in [6.07, 6.45) is 2.67. The Morgan fingerprint density at radius 3 is 2.25 bits per heavy atom. The number of hydrogen-bond donors (Lipinski definition) is 0. The highest BCUT2D eigenvalue weighted by atomic mass is 32.2. The van der Waals surface area contributed by atoms with Crippen LogP contribution in [-0.2, 0) is 19.1 Å². The van der Waals surface area contributed by atoms with Gasteiger partial charge in [-0.05, 0) is 12.8 Å². The highest BCUT2D eigenvalue weighted by Gasteiger charge is 2.05. The van der Waals surface area contributed by atoms with Crippen molar-refractivity contribution in [3.05, 3.63) is 0 Å². The summed E-state index contributed by atoms with van der Waals surface area (Å²) in [6, 6.07) is 0. The molecule has 5 heteroatoms. The molecule has 92 valence electrons. The largest absolute Gasteiger partial charge is 0.469 e. The molecule has 0 aliphatic rings. The molecule has 0 aliphatic heterocycles. The molecular weight excluding hydrogens is 228 g/mol. The molecule has 0 unspecified atom stereocenters. The van der Waals surface area contributed by atoms with Gasteiger partial charge < -0.3 is 4.74 Å². The van der Waals surface area contributed by atoms with Crippen LogP contribution >= 0.6 is 11.8 Å². The number of ketones is 1. The number of methoxy groups -OCH3 is 1. The SMILES string of the molecule is COC(=O)CCCCC(=O)CCSC(C)=O. The number of carbonyl (C=O) groups excluding carboxylic acids is 3. The monoisotopic (exact) mass is 246 g/mol. The van der Waals surface area contributed by atoms with Crippen molar-refractivity contribution in [2.24, 2.45) is 0 Å². The molecule has 0 atom stereocenters. The summed E-state index contributed by atoms with van der Waals surface area (Å²) >= 11 is 1.17. The topological polar surface area (TPSA) is 60.4 Å². The van der Waals surface area contributed by atoms with E-state index in [1.807, 2.05) is 0 Å². The van der Waals surface area contributed by atoms with E-state index in [9.17, 15) is 14.4 Å². The van der Waals surface area contributed by atoms with Crippen LogP contribution < -0.4 is 0 Å². The van der Waals surface area contributed by atoms with Crippen molar-refractivity contribution in [2.75, 3.05) is 12.9 Å². The third-order valence-electron chi connectivity index (χ3n) is 2.00. The average Bonchev–Trinajstić information content (AvgIpc) is 2.23. The number of carbonyl (C=O) groups is 3. The molecule has 0 saturated heterocycles. The Kier molecular flexibility index (Phi) is 8.90. The second kappa shape index (κ2) is 9.39. The predicted molar refractivity (Wildman–Crippen MR) is 63.2 cm³/mol. The first-order valence-electron chi connectivity index (χ1n) is 5.28. The van der Waals surface area contributed by atoms with Gasteiger partial charge in [0.05, 0.1) is 7.11 Å². The summed E-state index contributed by atoms with van der Waals surface area (Å²) in [7, 11) is 1.35. The molecule has 0 aromatic heterocycles. The fourth-order valence-electron chi connectivity index (χ4n) is 1.13. The number of ether oxygens (including phenoxy) is 1. The van der Waals surface area contributed by atoms with Gasteiger partial charge in [-0.2, -0.15) is 0 Å². The zero-order valence-electron chi connectivity index (χ0n) is 9.78. The third-order valence-corrected chi connectivity index (χ3v) is 2.82. The van der Waals surface area contributed by atoms with Gasteiger partial charge in [-0.1, -0.05) is 11.8 Å².